The van der Waals surface area contributed by atoms with E-state index in [1.165, 1.54) is 22.8 Å². The Morgan fingerprint density at radius 3 is 2.79 bits per heavy atom. The first-order valence-corrected chi connectivity index (χ1v) is 8.48. The van der Waals surface area contributed by atoms with E-state index >= 15 is 0 Å². The average Bonchev–Trinajstić information content (AvgIpc) is 2.81. The van der Waals surface area contributed by atoms with Crippen LogP contribution in [0.1, 0.15) is 20.3 Å². The van der Waals surface area contributed by atoms with E-state index in [0.29, 0.717) is 25.3 Å². The van der Waals surface area contributed by atoms with E-state index in [2.05, 4.69) is 0 Å². The highest BCUT2D eigenvalue weighted by atomic mass is 32.2. The molecule has 0 aliphatic carbocycles. The Balaban J connectivity index is 2.31. The summed E-state index contributed by atoms with van der Waals surface area (Å²) in [7, 11) is -2.00. The Morgan fingerprint density at radius 1 is 1.53 bits per heavy atom. The standard InChI is InChI=1S/C12H20N2O3S2/c1-12(2)8-14(6-4-10(12)13)19(15,16)11-9(17-3)5-7-18-11/h5,7,10H,4,6,8,13H2,1-3H3. The van der Waals surface area contributed by atoms with Gasteiger partial charge in [-0.1, -0.05) is 13.8 Å². The fraction of sp³-hybridized carbons (Fsp3) is 0.667. The summed E-state index contributed by atoms with van der Waals surface area (Å²) in [6.45, 7) is 4.92. The zero-order chi connectivity index (χ0) is 14.3. The molecule has 2 heterocycles. The second-order valence-corrected chi connectivity index (χ2v) is 8.55. The lowest BCUT2D eigenvalue weighted by Gasteiger charge is -2.41. The van der Waals surface area contributed by atoms with Crippen LogP contribution in [0, 0.1) is 5.41 Å². The summed E-state index contributed by atoms with van der Waals surface area (Å²) in [6.07, 6.45) is 0.680. The molecule has 0 amide bonds. The topological polar surface area (TPSA) is 72.6 Å². The van der Waals surface area contributed by atoms with Crippen LogP contribution in [0.3, 0.4) is 0 Å². The predicted octanol–water partition coefficient (Wildman–Crippen LogP) is 1.50. The van der Waals surface area contributed by atoms with Gasteiger partial charge in [0.2, 0.25) is 0 Å². The second-order valence-electron chi connectivity index (χ2n) is 5.50. The van der Waals surface area contributed by atoms with Gasteiger partial charge in [-0.05, 0) is 23.3 Å². The summed E-state index contributed by atoms with van der Waals surface area (Å²) in [5.74, 6) is 0.415. The number of ether oxygens (including phenoxy) is 1. The molecule has 0 bridgehead atoms. The maximum absolute atomic E-state index is 12.6. The summed E-state index contributed by atoms with van der Waals surface area (Å²) in [4.78, 5) is 0. The average molecular weight is 304 g/mol. The SMILES string of the molecule is COc1ccsc1S(=O)(=O)N1CCC(N)C(C)(C)C1. The molecule has 0 aromatic carbocycles. The lowest BCUT2D eigenvalue weighted by Crippen LogP contribution is -2.53. The van der Waals surface area contributed by atoms with E-state index in [9.17, 15) is 8.42 Å². The minimum Gasteiger partial charge on any atom is -0.494 e. The highest BCUT2D eigenvalue weighted by molar-refractivity contribution is 7.91. The minimum atomic E-state index is -3.48. The van der Waals surface area contributed by atoms with Crippen molar-refractivity contribution >= 4 is 21.4 Å². The van der Waals surface area contributed by atoms with Crippen LogP contribution in [0.4, 0.5) is 0 Å². The Bertz CT molecular complexity index is 551. The lowest BCUT2D eigenvalue weighted by atomic mass is 9.81. The lowest BCUT2D eigenvalue weighted by molar-refractivity contribution is 0.155. The summed E-state index contributed by atoms with van der Waals surface area (Å²) < 4.78 is 32.2. The summed E-state index contributed by atoms with van der Waals surface area (Å²) in [5.41, 5.74) is 5.84. The molecule has 1 atom stereocenters. The van der Waals surface area contributed by atoms with Gasteiger partial charge < -0.3 is 10.5 Å². The number of nitrogens with zero attached hydrogens (tertiary/aromatic N) is 1. The molecule has 2 rings (SSSR count). The Kier molecular flexibility index (Phi) is 3.92. The van der Waals surface area contributed by atoms with Crippen LogP contribution in [0.2, 0.25) is 0 Å². The molecule has 19 heavy (non-hydrogen) atoms. The van der Waals surface area contributed by atoms with Crippen LogP contribution in [0.15, 0.2) is 15.7 Å². The van der Waals surface area contributed by atoms with Crippen molar-refractivity contribution in [3.63, 3.8) is 0 Å². The maximum Gasteiger partial charge on any atom is 0.256 e. The summed E-state index contributed by atoms with van der Waals surface area (Å²) in [5, 5.41) is 1.73. The van der Waals surface area contributed by atoms with Gasteiger partial charge in [-0.2, -0.15) is 4.31 Å². The number of hydrogen-bond donors (Lipinski definition) is 1. The van der Waals surface area contributed by atoms with E-state index in [1.54, 1.807) is 11.4 Å². The van der Waals surface area contributed by atoms with Crippen molar-refractivity contribution in [1.29, 1.82) is 0 Å². The summed E-state index contributed by atoms with van der Waals surface area (Å²) >= 11 is 1.19. The second kappa shape index (κ2) is 5.05. The van der Waals surface area contributed by atoms with Crippen LogP contribution in [-0.4, -0.2) is 39.0 Å². The van der Waals surface area contributed by atoms with Crippen molar-refractivity contribution in [2.24, 2.45) is 11.1 Å². The third-order valence-corrected chi connectivity index (χ3v) is 6.94. The van der Waals surface area contributed by atoms with Gasteiger partial charge in [0, 0.05) is 19.1 Å². The fourth-order valence-electron chi connectivity index (χ4n) is 2.27. The van der Waals surface area contributed by atoms with Crippen LogP contribution >= 0.6 is 11.3 Å². The molecule has 1 fully saturated rings. The third-order valence-electron chi connectivity index (χ3n) is 3.67. The molecule has 0 spiro atoms. The molecule has 1 aromatic heterocycles. The van der Waals surface area contributed by atoms with Gasteiger partial charge in [0.05, 0.1) is 7.11 Å². The molecule has 1 unspecified atom stereocenters. The molecule has 1 aliphatic heterocycles. The molecule has 0 saturated carbocycles. The van der Waals surface area contributed by atoms with Gasteiger partial charge in [-0.3, -0.25) is 0 Å². The largest absolute Gasteiger partial charge is 0.494 e. The highest BCUT2D eigenvalue weighted by Gasteiger charge is 2.40. The molecular weight excluding hydrogens is 284 g/mol. The molecule has 1 aromatic rings. The van der Waals surface area contributed by atoms with Gasteiger partial charge in [-0.15, -0.1) is 11.3 Å². The van der Waals surface area contributed by atoms with Crippen molar-refractivity contribution in [3.8, 4) is 5.75 Å². The minimum absolute atomic E-state index is 0.0316. The molecular formula is C12H20N2O3S2. The number of sulfonamides is 1. The molecule has 7 heteroatoms. The van der Waals surface area contributed by atoms with Gasteiger partial charge in [0.1, 0.15) is 5.75 Å². The molecule has 108 valence electrons. The number of piperidine rings is 1. The Hall–Kier alpha value is -0.630. The number of hydrogen-bond acceptors (Lipinski definition) is 5. The van der Waals surface area contributed by atoms with Crippen molar-refractivity contribution in [2.75, 3.05) is 20.2 Å². The van der Waals surface area contributed by atoms with Crippen LogP contribution in [0.25, 0.3) is 0 Å². The Labute approximate surface area is 118 Å². The van der Waals surface area contributed by atoms with Crippen LogP contribution in [0.5, 0.6) is 5.75 Å². The Morgan fingerprint density at radius 2 is 2.21 bits per heavy atom. The molecule has 0 radical (unpaired) electrons. The van der Waals surface area contributed by atoms with Gasteiger partial charge in [0.25, 0.3) is 10.0 Å². The number of thiophene rings is 1. The molecule has 2 N–H and O–H groups in total. The number of rotatable bonds is 3. The first kappa shape index (κ1) is 14.8. The normalized spacial score (nSPS) is 24.3. The van der Waals surface area contributed by atoms with E-state index in [-0.39, 0.29) is 15.7 Å². The first-order chi connectivity index (χ1) is 8.79. The van der Waals surface area contributed by atoms with Crippen LogP contribution in [-0.2, 0) is 10.0 Å². The van der Waals surface area contributed by atoms with E-state index < -0.39 is 10.0 Å². The highest BCUT2D eigenvalue weighted by Crippen LogP contribution is 2.36. The monoisotopic (exact) mass is 304 g/mol. The van der Waals surface area contributed by atoms with Crippen molar-refractivity contribution in [3.05, 3.63) is 11.4 Å². The van der Waals surface area contributed by atoms with Crippen molar-refractivity contribution < 1.29 is 13.2 Å². The molecule has 1 aliphatic rings. The van der Waals surface area contributed by atoms with Gasteiger partial charge in [0.15, 0.2) is 4.21 Å². The van der Waals surface area contributed by atoms with Crippen LogP contribution < -0.4 is 10.5 Å². The van der Waals surface area contributed by atoms with E-state index in [0.717, 1.165) is 0 Å². The zero-order valence-electron chi connectivity index (χ0n) is 11.4. The smallest absolute Gasteiger partial charge is 0.256 e. The molecule has 5 nitrogen and oxygen atoms in total. The van der Waals surface area contributed by atoms with Crippen molar-refractivity contribution in [2.45, 2.75) is 30.5 Å². The van der Waals surface area contributed by atoms with Gasteiger partial charge in [-0.25, -0.2) is 8.42 Å². The van der Waals surface area contributed by atoms with Crippen molar-refractivity contribution in [1.82, 2.24) is 4.31 Å². The maximum atomic E-state index is 12.6. The predicted molar refractivity (Wildman–Crippen MR) is 76.0 cm³/mol. The fourth-order valence-corrected chi connectivity index (χ4v) is 5.31. The van der Waals surface area contributed by atoms with Gasteiger partial charge >= 0.3 is 0 Å². The quantitative estimate of drug-likeness (QED) is 0.918. The summed E-state index contributed by atoms with van der Waals surface area (Å²) in [6, 6.07) is 1.71. The zero-order valence-corrected chi connectivity index (χ0v) is 13.1. The van der Waals surface area contributed by atoms with E-state index in [4.69, 9.17) is 10.5 Å². The number of nitrogens with two attached hydrogens (primary N) is 1. The third kappa shape index (κ3) is 2.65. The molecule has 1 saturated heterocycles. The first-order valence-electron chi connectivity index (χ1n) is 6.16. The number of methoxy groups -OCH3 is 1. The van der Waals surface area contributed by atoms with E-state index in [1.807, 2.05) is 13.8 Å².